The Morgan fingerprint density at radius 3 is 2.80 bits per heavy atom. The Morgan fingerprint density at radius 1 is 1.40 bits per heavy atom. The second-order valence-corrected chi connectivity index (χ2v) is 6.02. The lowest BCUT2D eigenvalue weighted by Gasteiger charge is -2.25. The van der Waals surface area contributed by atoms with Gasteiger partial charge in [-0.15, -0.1) is 0 Å². The minimum atomic E-state index is -0.250. The number of aryl methyl sites for hydroxylation is 1. The first kappa shape index (κ1) is 13.6. The predicted molar refractivity (Wildman–Crippen MR) is 76.1 cm³/mol. The standard InChI is InChI=1S/C15H22N4O/c1-11-12(7-16)6-13(17-11)8-18-9-14(15(20)10-18)19-4-2-3-5-19/h6,14-15,17,20H,2-5,8-10H2,1H3/t14-,15-/m0/s1. The lowest BCUT2D eigenvalue weighted by molar-refractivity contribution is 0.0978. The smallest absolute Gasteiger partial charge is 0.101 e. The van der Waals surface area contributed by atoms with Crippen LogP contribution in [0.4, 0.5) is 0 Å². The summed E-state index contributed by atoms with van der Waals surface area (Å²) < 4.78 is 0. The van der Waals surface area contributed by atoms with E-state index in [-0.39, 0.29) is 12.1 Å². The summed E-state index contributed by atoms with van der Waals surface area (Å²) in [6, 6.07) is 4.40. The Hall–Kier alpha value is -1.35. The molecule has 0 bridgehead atoms. The number of likely N-dealkylation sites (tertiary alicyclic amines) is 2. The van der Waals surface area contributed by atoms with Crippen LogP contribution >= 0.6 is 0 Å². The van der Waals surface area contributed by atoms with Crippen molar-refractivity contribution in [3.05, 3.63) is 23.0 Å². The van der Waals surface area contributed by atoms with Gasteiger partial charge in [0, 0.05) is 37.1 Å². The summed E-state index contributed by atoms with van der Waals surface area (Å²) in [5.41, 5.74) is 2.71. The Kier molecular flexibility index (Phi) is 3.79. The number of nitriles is 1. The van der Waals surface area contributed by atoms with Crippen molar-refractivity contribution in [3.8, 4) is 6.07 Å². The molecule has 0 radical (unpaired) electrons. The maximum absolute atomic E-state index is 10.3. The topological polar surface area (TPSA) is 66.3 Å². The molecule has 2 aliphatic heterocycles. The van der Waals surface area contributed by atoms with Crippen molar-refractivity contribution in [2.75, 3.05) is 26.2 Å². The molecule has 5 nitrogen and oxygen atoms in total. The lowest BCUT2D eigenvalue weighted by Crippen LogP contribution is -2.41. The van der Waals surface area contributed by atoms with E-state index in [2.05, 4.69) is 20.9 Å². The van der Waals surface area contributed by atoms with Crippen molar-refractivity contribution in [1.29, 1.82) is 5.26 Å². The molecule has 5 heteroatoms. The van der Waals surface area contributed by atoms with Crippen LogP contribution in [-0.4, -0.2) is 58.2 Å². The second-order valence-electron chi connectivity index (χ2n) is 6.02. The van der Waals surface area contributed by atoms with Gasteiger partial charge in [-0.25, -0.2) is 0 Å². The van der Waals surface area contributed by atoms with E-state index >= 15 is 0 Å². The molecule has 0 spiro atoms. The van der Waals surface area contributed by atoms with Gasteiger partial charge in [-0.3, -0.25) is 9.80 Å². The number of aliphatic hydroxyl groups excluding tert-OH is 1. The first-order valence-electron chi connectivity index (χ1n) is 7.40. The first-order valence-corrected chi connectivity index (χ1v) is 7.40. The van der Waals surface area contributed by atoms with E-state index in [1.165, 1.54) is 12.8 Å². The van der Waals surface area contributed by atoms with Crippen LogP contribution in [0.15, 0.2) is 6.07 Å². The molecule has 1 aromatic heterocycles. The van der Waals surface area contributed by atoms with Crippen LogP contribution < -0.4 is 0 Å². The van der Waals surface area contributed by atoms with E-state index in [4.69, 9.17) is 5.26 Å². The number of β-amino-alcohol motifs (C(OH)–C–C–N with tert-alkyl or cyclic N) is 1. The number of nitrogens with zero attached hydrogens (tertiary/aromatic N) is 3. The van der Waals surface area contributed by atoms with Crippen molar-refractivity contribution in [2.45, 2.75) is 38.5 Å². The van der Waals surface area contributed by atoms with Crippen LogP contribution in [0, 0.1) is 18.3 Å². The van der Waals surface area contributed by atoms with Crippen molar-refractivity contribution >= 4 is 0 Å². The van der Waals surface area contributed by atoms with Crippen LogP contribution in [0.1, 0.15) is 29.8 Å². The molecule has 1 aromatic rings. The molecule has 0 aliphatic carbocycles. The van der Waals surface area contributed by atoms with Gasteiger partial charge < -0.3 is 10.1 Å². The van der Waals surface area contributed by atoms with Crippen molar-refractivity contribution < 1.29 is 5.11 Å². The summed E-state index contributed by atoms with van der Waals surface area (Å²) in [6.45, 7) is 6.59. The zero-order valence-electron chi connectivity index (χ0n) is 12.0. The van der Waals surface area contributed by atoms with Crippen LogP contribution in [0.2, 0.25) is 0 Å². The van der Waals surface area contributed by atoms with E-state index in [0.29, 0.717) is 0 Å². The summed E-state index contributed by atoms with van der Waals surface area (Å²) in [4.78, 5) is 7.96. The number of hydrogen-bond acceptors (Lipinski definition) is 4. The van der Waals surface area contributed by atoms with Gasteiger partial charge >= 0.3 is 0 Å². The summed E-state index contributed by atoms with van der Waals surface area (Å²) in [6.07, 6.45) is 2.26. The maximum atomic E-state index is 10.3. The first-order chi connectivity index (χ1) is 9.67. The average molecular weight is 274 g/mol. The monoisotopic (exact) mass is 274 g/mol. The third-order valence-electron chi connectivity index (χ3n) is 4.53. The summed E-state index contributed by atoms with van der Waals surface area (Å²) in [5, 5.41) is 19.2. The van der Waals surface area contributed by atoms with E-state index in [0.717, 1.165) is 49.7 Å². The average Bonchev–Trinajstić information content (AvgIpc) is 3.10. The molecule has 2 N–H and O–H groups in total. The Labute approximate surface area is 119 Å². The van der Waals surface area contributed by atoms with E-state index in [1.54, 1.807) is 0 Å². The quantitative estimate of drug-likeness (QED) is 0.857. The molecule has 2 saturated heterocycles. The molecule has 2 aliphatic rings. The number of nitrogens with one attached hydrogen (secondary N) is 1. The van der Waals surface area contributed by atoms with Gasteiger partial charge in [-0.2, -0.15) is 5.26 Å². The molecule has 0 saturated carbocycles. The number of aromatic nitrogens is 1. The van der Waals surface area contributed by atoms with E-state index in [1.807, 2.05) is 13.0 Å². The van der Waals surface area contributed by atoms with Gasteiger partial charge in [0.05, 0.1) is 11.7 Å². The van der Waals surface area contributed by atoms with Crippen molar-refractivity contribution in [3.63, 3.8) is 0 Å². The summed E-state index contributed by atoms with van der Waals surface area (Å²) in [5.74, 6) is 0. The molecule has 0 unspecified atom stereocenters. The summed E-state index contributed by atoms with van der Waals surface area (Å²) in [7, 11) is 0. The molecule has 0 aromatic carbocycles. The van der Waals surface area contributed by atoms with E-state index in [9.17, 15) is 5.11 Å². The van der Waals surface area contributed by atoms with Gasteiger partial charge in [-0.05, 0) is 38.9 Å². The van der Waals surface area contributed by atoms with Crippen LogP contribution in [0.25, 0.3) is 0 Å². The maximum Gasteiger partial charge on any atom is 0.101 e. The third-order valence-corrected chi connectivity index (χ3v) is 4.53. The number of H-pyrrole nitrogens is 1. The molecular weight excluding hydrogens is 252 g/mol. The number of aliphatic hydroxyl groups is 1. The fourth-order valence-electron chi connectivity index (χ4n) is 3.48. The minimum Gasteiger partial charge on any atom is -0.390 e. The Morgan fingerprint density at radius 2 is 2.15 bits per heavy atom. The highest BCUT2D eigenvalue weighted by molar-refractivity contribution is 5.35. The summed E-state index contributed by atoms with van der Waals surface area (Å²) >= 11 is 0. The van der Waals surface area contributed by atoms with Crippen LogP contribution in [0.3, 0.4) is 0 Å². The Balaban J connectivity index is 1.62. The molecule has 3 heterocycles. The highest BCUT2D eigenvalue weighted by atomic mass is 16.3. The van der Waals surface area contributed by atoms with Crippen LogP contribution in [-0.2, 0) is 6.54 Å². The molecule has 2 atom stereocenters. The van der Waals surface area contributed by atoms with Gasteiger partial charge in [-0.1, -0.05) is 0 Å². The molecule has 20 heavy (non-hydrogen) atoms. The molecule has 108 valence electrons. The third kappa shape index (κ3) is 2.59. The van der Waals surface area contributed by atoms with Gasteiger partial charge in [0.1, 0.15) is 6.07 Å². The largest absolute Gasteiger partial charge is 0.390 e. The normalized spacial score (nSPS) is 28.1. The predicted octanol–water partition coefficient (Wildman–Crippen LogP) is 0.836. The Bertz CT molecular complexity index is 512. The SMILES string of the molecule is Cc1[nH]c(CN2C[C@H](O)[C@@H](N3CCCC3)C2)cc1C#N. The van der Waals surface area contributed by atoms with Gasteiger partial charge in [0.25, 0.3) is 0 Å². The van der Waals surface area contributed by atoms with E-state index < -0.39 is 0 Å². The fourth-order valence-corrected chi connectivity index (χ4v) is 3.48. The minimum absolute atomic E-state index is 0.250. The lowest BCUT2D eigenvalue weighted by atomic mass is 10.2. The zero-order valence-corrected chi connectivity index (χ0v) is 12.0. The molecule has 2 fully saturated rings. The zero-order chi connectivity index (χ0) is 14.1. The molecule has 3 rings (SSSR count). The van der Waals surface area contributed by atoms with Crippen molar-refractivity contribution in [1.82, 2.24) is 14.8 Å². The molecule has 0 amide bonds. The van der Waals surface area contributed by atoms with Gasteiger partial charge in [0.15, 0.2) is 0 Å². The highest BCUT2D eigenvalue weighted by Crippen LogP contribution is 2.22. The highest BCUT2D eigenvalue weighted by Gasteiger charge is 2.36. The van der Waals surface area contributed by atoms with Crippen molar-refractivity contribution in [2.24, 2.45) is 0 Å². The number of hydrogen-bond donors (Lipinski definition) is 2. The second kappa shape index (κ2) is 5.57. The number of aromatic amines is 1. The number of rotatable bonds is 3. The molecular formula is C15H22N4O. The van der Waals surface area contributed by atoms with Gasteiger partial charge in [0.2, 0.25) is 0 Å². The fraction of sp³-hybridized carbons (Fsp3) is 0.667. The van der Waals surface area contributed by atoms with Crippen LogP contribution in [0.5, 0.6) is 0 Å².